The molecule has 1 N–H and O–H groups in total. The molecule has 0 unspecified atom stereocenters. The molecule has 1 heterocycles. The van der Waals surface area contributed by atoms with Crippen LogP contribution in [0.5, 0.6) is 5.75 Å². The molecule has 0 atom stereocenters. The molecule has 0 radical (unpaired) electrons. The summed E-state index contributed by atoms with van der Waals surface area (Å²) in [5.74, 6) is 1.88. The van der Waals surface area contributed by atoms with Gasteiger partial charge in [-0.1, -0.05) is 36.4 Å². The molecular formula is C23H33N5O. The molecule has 2 aromatic carbocycles. The average Bonchev–Trinajstić information content (AvgIpc) is 2.76. The fourth-order valence-electron chi connectivity index (χ4n) is 3.45. The highest BCUT2D eigenvalue weighted by Crippen LogP contribution is 2.18. The van der Waals surface area contributed by atoms with Gasteiger partial charge in [-0.25, -0.2) is 0 Å². The van der Waals surface area contributed by atoms with Gasteiger partial charge in [0.25, 0.3) is 0 Å². The fraction of sp³-hybridized carbons (Fsp3) is 0.435. The normalized spacial score (nSPS) is 15.0. The second-order valence-corrected chi connectivity index (χ2v) is 7.47. The standard InChI is InChI=1S/C23H33N5O/c1-24-23(28-15-13-27(14-16-28)21-10-5-4-6-11-21)25-19-20-9-7-8-12-22(20)29-18-17-26(2)3/h4-12H,13-19H2,1-3H3,(H,24,25). The minimum absolute atomic E-state index is 0.681. The highest BCUT2D eigenvalue weighted by molar-refractivity contribution is 5.80. The number of anilines is 1. The lowest BCUT2D eigenvalue weighted by atomic mass is 10.2. The topological polar surface area (TPSA) is 43.3 Å². The maximum Gasteiger partial charge on any atom is 0.194 e. The molecule has 6 nitrogen and oxygen atoms in total. The minimum atomic E-state index is 0.681. The van der Waals surface area contributed by atoms with Gasteiger partial charge in [-0.3, -0.25) is 4.99 Å². The summed E-state index contributed by atoms with van der Waals surface area (Å²) in [6, 6.07) is 18.8. The van der Waals surface area contributed by atoms with Crippen LogP contribution in [0.2, 0.25) is 0 Å². The van der Waals surface area contributed by atoms with Crippen LogP contribution >= 0.6 is 0 Å². The Morgan fingerprint density at radius 2 is 1.69 bits per heavy atom. The van der Waals surface area contributed by atoms with E-state index in [0.29, 0.717) is 13.2 Å². The molecular weight excluding hydrogens is 362 g/mol. The van der Waals surface area contributed by atoms with Crippen molar-refractivity contribution in [2.75, 3.05) is 65.4 Å². The zero-order chi connectivity index (χ0) is 20.5. The summed E-state index contributed by atoms with van der Waals surface area (Å²) in [6.45, 7) is 6.17. The van der Waals surface area contributed by atoms with E-state index in [1.807, 2.05) is 19.2 Å². The highest BCUT2D eigenvalue weighted by Gasteiger charge is 2.19. The Balaban J connectivity index is 1.52. The number of nitrogens with zero attached hydrogens (tertiary/aromatic N) is 4. The van der Waals surface area contributed by atoms with Gasteiger partial charge in [0.15, 0.2) is 5.96 Å². The van der Waals surface area contributed by atoms with Crippen LogP contribution in [0.1, 0.15) is 5.56 Å². The first-order chi connectivity index (χ1) is 14.2. The summed E-state index contributed by atoms with van der Waals surface area (Å²) < 4.78 is 5.98. The molecule has 0 spiro atoms. The first kappa shape index (κ1) is 21.0. The van der Waals surface area contributed by atoms with Crippen LogP contribution in [0.4, 0.5) is 5.69 Å². The second-order valence-electron chi connectivity index (χ2n) is 7.47. The van der Waals surface area contributed by atoms with E-state index in [0.717, 1.165) is 50.0 Å². The van der Waals surface area contributed by atoms with Gasteiger partial charge in [0.2, 0.25) is 0 Å². The Bertz CT molecular complexity index is 770. The highest BCUT2D eigenvalue weighted by atomic mass is 16.5. The van der Waals surface area contributed by atoms with E-state index >= 15 is 0 Å². The Morgan fingerprint density at radius 1 is 1.00 bits per heavy atom. The smallest absolute Gasteiger partial charge is 0.194 e. The van der Waals surface area contributed by atoms with E-state index in [2.05, 4.69) is 81.6 Å². The first-order valence-corrected chi connectivity index (χ1v) is 10.3. The van der Waals surface area contributed by atoms with E-state index in [-0.39, 0.29) is 0 Å². The molecule has 0 aliphatic carbocycles. The number of likely N-dealkylation sites (N-methyl/N-ethyl adjacent to an activating group) is 1. The lowest BCUT2D eigenvalue weighted by Gasteiger charge is -2.37. The van der Waals surface area contributed by atoms with Crippen LogP contribution in [0, 0.1) is 0 Å². The van der Waals surface area contributed by atoms with Crippen LogP contribution in [0.25, 0.3) is 0 Å². The van der Waals surface area contributed by atoms with E-state index in [9.17, 15) is 0 Å². The van der Waals surface area contributed by atoms with Crippen molar-refractivity contribution < 1.29 is 4.74 Å². The summed E-state index contributed by atoms with van der Waals surface area (Å²) in [6.07, 6.45) is 0. The molecule has 3 rings (SSSR count). The molecule has 1 fully saturated rings. The van der Waals surface area contributed by atoms with Crippen molar-refractivity contribution in [1.29, 1.82) is 0 Å². The van der Waals surface area contributed by atoms with Crippen molar-refractivity contribution >= 4 is 11.6 Å². The Labute approximate surface area is 174 Å². The van der Waals surface area contributed by atoms with Crippen molar-refractivity contribution in [2.24, 2.45) is 4.99 Å². The lowest BCUT2D eigenvalue weighted by Crippen LogP contribution is -2.52. The third-order valence-corrected chi connectivity index (χ3v) is 5.12. The molecule has 0 saturated carbocycles. The van der Waals surface area contributed by atoms with Gasteiger partial charge in [0.05, 0.1) is 0 Å². The summed E-state index contributed by atoms with van der Waals surface area (Å²) >= 11 is 0. The summed E-state index contributed by atoms with van der Waals surface area (Å²) in [5.41, 5.74) is 2.44. The molecule has 156 valence electrons. The van der Waals surface area contributed by atoms with E-state index in [4.69, 9.17) is 4.74 Å². The molecule has 2 aromatic rings. The quantitative estimate of drug-likeness (QED) is 0.577. The predicted molar refractivity (Wildman–Crippen MR) is 121 cm³/mol. The van der Waals surface area contributed by atoms with Crippen LogP contribution in [0.15, 0.2) is 59.6 Å². The predicted octanol–water partition coefficient (Wildman–Crippen LogP) is 2.52. The van der Waals surface area contributed by atoms with Crippen molar-refractivity contribution in [3.8, 4) is 5.75 Å². The molecule has 1 saturated heterocycles. The first-order valence-electron chi connectivity index (χ1n) is 10.3. The fourth-order valence-corrected chi connectivity index (χ4v) is 3.45. The summed E-state index contributed by atoms with van der Waals surface area (Å²) in [5, 5.41) is 3.52. The molecule has 1 aliphatic rings. The number of hydrogen-bond acceptors (Lipinski definition) is 4. The van der Waals surface area contributed by atoms with Crippen LogP contribution in [0.3, 0.4) is 0 Å². The number of guanidine groups is 1. The molecule has 0 amide bonds. The molecule has 6 heteroatoms. The number of para-hydroxylation sites is 2. The lowest BCUT2D eigenvalue weighted by molar-refractivity contribution is 0.259. The second kappa shape index (κ2) is 10.7. The van der Waals surface area contributed by atoms with Crippen molar-refractivity contribution in [2.45, 2.75) is 6.54 Å². The Morgan fingerprint density at radius 3 is 2.38 bits per heavy atom. The zero-order valence-electron chi connectivity index (χ0n) is 17.8. The van der Waals surface area contributed by atoms with Gasteiger partial charge >= 0.3 is 0 Å². The summed E-state index contributed by atoms with van der Waals surface area (Å²) in [4.78, 5) is 11.4. The SMILES string of the molecule is CN=C(NCc1ccccc1OCCN(C)C)N1CCN(c2ccccc2)CC1. The number of ether oxygens (including phenoxy) is 1. The summed E-state index contributed by atoms with van der Waals surface area (Å²) in [7, 11) is 5.96. The third-order valence-electron chi connectivity index (χ3n) is 5.12. The maximum atomic E-state index is 5.98. The molecule has 0 aromatic heterocycles. The van der Waals surface area contributed by atoms with Crippen molar-refractivity contribution in [1.82, 2.24) is 15.1 Å². The van der Waals surface area contributed by atoms with Gasteiger partial charge in [-0.15, -0.1) is 0 Å². The van der Waals surface area contributed by atoms with E-state index in [1.165, 1.54) is 5.69 Å². The van der Waals surface area contributed by atoms with Gasteiger partial charge in [-0.05, 0) is 32.3 Å². The van der Waals surface area contributed by atoms with Crippen molar-refractivity contribution in [3.63, 3.8) is 0 Å². The van der Waals surface area contributed by atoms with Gasteiger partial charge in [0, 0.05) is 57.6 Å². The van der Waals surface area contributed by atoms with E-state index < -0.39 is 0 Å². The molecule has 1 aliphatic heterocycles. The number of nitrogens with one attached hydrogen (secondary N) is 1. The van der Waals surface area contributed by atoms with E-state index in [1.54, 1.807) is 0 Å². The van der Waals surface area contributed by atoms with Crippen LogP contribution < -0.4 is 15.0 Å². The Kier molecular flexibility index (Phi) is 7.76. The zero-order valence-corrected chi connectivity index (χ0v) is 17.8. The maximum absolute atomic E-state index is 5.98. The van der Waals surface area contributed by atoms with Gasteiger partial charge in [-0.2, -0.15) is 0 Å². The molecule has 0 bridgehead atoms. The van der Waals surface area contributed by atoms with Crippen molar-refractivity contribution in [3.05, 3.63) is 60.2 Å². The molecule has 29 heavy (non-hydrogen) atoms. The Hall–Kier alpha value is -2.73. The largest absolute Gasteiger partial charge is 0.492 e. The third kappa shape index (κ3) is 6.12. The number of rotatable bonds is 7. The average molecular weight is 396 g/mol. The van der Waals surface area contributed by atoms with Crippen LogP contribution in [-0.2, 0) is 6.54 Å². The minimum Gasteiger partial charge on any atom is -0.492 e. The van der Waals surface area contributed by atoms with Gasteiger partial charge in [0.1, 0.15) is 12.4 Å². The van der Waals surface area contributed by atoms with Gasteiger partial charge < -0.3 is 24.8 Å². The monoisotopic (exact) mass is 395 g/mol. The number of aliphatic imine (C=N–C) groups is 1. The number of piperazine rings is 1. The number of hydrogen-bond donors (Lipinski definition) is 1. The number of benzene rings is 2. The van der Waals surface area contributed by atoms with Crippen LogP contribution in [-0.4, -0.2) is 76.2 Å².